The van der Waals surface area contributed by atoms with E-state index < -0.39 is 5.82 Å². The Labute approximate surface area is 168 Å². The Balaban J connectivity index is 1.75. The minimum Gasteiger partial charge on any atom is -0.352 e. The molecule has 1 unspecified atom stereocenters. The third-order valence-corrected chi connectivity index (χ3v) is 5.58. The van der Waals surface area contributed by atoms with Gasteiger partial charge in [0.15, 0.2) is 11.6 Å². The highest BCUT2D eigenvalue weighted by atomic mass is 19.1. The summed E-state index contributed by atoms with van der Waals surface area (Å²) in [6, 6.07) is -0.0886. The second kappa shape index (κ2) is 7.31. The molecule has 2 aliphatic heterocycles. The number of piperidine rings is 1. The number of pyridine rings is 1. The number of hydrogen-bond acceptors (Lipinski definition) is 5. The number of fused-ring (bicyclic) bond motifs is 1. The monoisotopic (exact) mass is 398 g/mol. The molecule has 1 N–H and O–H groups in total. The third kappa shape index (κ3) is 3.26. The summed E-state index contributed by atoms with van der Waals surface area (Å²) in [5.41, 5.74) is 1.43. The molecule has 1 saturated heterocycles. The Hall–Kier alpha value is -3.23. The summed E-state index contributed by atoms with van der Waals surface area (Å²) in [5, 5.41) is 2.68. The fourth-order valence-corrected chi connectivity index (χ4v) is 3.99. The maximum atomic E-state index is 15.4. The van der Waals surface area contributed by atoms with E-state index in [1.807, 2.05) is 7.05 Å². The molecule has 9 heteroatoms. The fourth-order valence-electron chi connectivity index (χ4n) is 3.99. The molecule has 4 heterocycles. The van der Waals surface area contributed by atoms with Crippen LogP contribution in [0.4, 0.5) is 10.2 Å². The van der Waals surface area contributed by atoms with Gasteiger partial charge in [-0.3, -0.25) is 9.59 Å². The lowest BCUT2D eigenvalue weighted by Gasteiger charge is -2.38. The maximum Gasteiger partial charge on any atom is 0.254 e. The number of amides is 2. The number of imidazole rings is 1. The van der Waals surface area contributed by atoms with Crippen LogP contribution < -0.4 is 10.2 Å². The van der Waals surface area contributed by atoms with E-state index in [4.69, 9.17) is 0 Å². The molecule has 0 spiro atoms. The molecule has 0 saturated carbocycles. The number of rotatable bonds is 4. The average molecular weight is 398 g/mol. The van der Waals surface area contributed by atoms with Gasteiger partial charge in [0, 0.05) is 51.5 Å². The van der Waals surface area contributed by atoms with Crippen molar-refractivity contribution in [1.29, 1.82) is 0 Å². The number of nitrogens with one attached hydrogen (secondary N) is 1. The normalized spacial score (nSPS) is 18.4. The number of nitrogens with zero attached hydrogens (tertiary/aromatic N) is 5. The Kier molecular flexibility index (Phi) is 4.81. The minimum absolute atomic E-state index is 0.0886. The van der Waals surface area contributed by atoms with Gasteiger partial charge in [-0.05, 0) is 18.9 Å². The number of hydrogen-bond donors (Lipinski definition) is 1. The van der Waals surface area contributed by atoms with E-state index in [1.165, 1.54) is 6.08 Å². The zero-order chi connectivity index (χ0) is 20.7. The molecular weight excluding hydrogens is 375 g/mol. The molecule has 1 atom stereocenters. The van der Waals surface area contributed by atoms with Crippen LogP contribution in [0.25, 0.3) is 11.4 Å². The molecule has 0 bridgehead atoms. The molecule has 1 fully saturated rings. The molecule has 8 nitrogen and oxygen atoms in total. The van der Waals surface area contributed by atoms with Gasteiger partial charge in [-0.2, -0.15) is 0 Å². The third-order valence-electron chi connectivity index (χ3n) is 5.58. The molecule has 152 valence electrons. The van der Waals surface area contributed by atoms with Crippen molar-refractivity contribution in [3.8, 4) is 11.4 Å². The predicted molar refractivity (Wildman–Crippen MR) is 106 cm³/mol. The standard InChI is InChI=1S/C20H23FN6O2/c1-4-15(28)27-7-5-6-12(9-27)26(3)19-17(21)13-8-22-20(29)16(13)18(24-19)14-10-25(2)11-23-14/h4,10-12H,1,5-9H2,2-3H3,(H,22,29). The van der Waals surface area contributed by atoms with Crippen LogP contribution in [0.3, 0.4) is 0 Å². The van der Waals surface area contributed by atoms with E-state index in [0.717, 1.165) is 12.8 Å². The minimum atomic E-state index is -0.507. The van der Waals surface area contributed by atoms with Crippen molar-refractivity contribution in [2.24, 2.45) is 7.05 Å². The molecule has 2 amide bonds. The number of carbonyl (C=O) groups excluding carboxylic acids is 2. The second-order valence-electron chi connectivity index (χ2n) is 7.45. The van der Waals surface area contributed by atoms with Crippen molar-refractivity contribution in [1.82, 2.24) is 24.8 Å². The van der Waals surface area contributed by atoms with E-state index >= 15 is 4.39 Å². The highest BCUT2D eigenvalue weighted by Crippen LogP contribution is 2.34. The summed E-state index contributed by atoms with van der Waals surface area (Å²) in [6.45, 7) is 4.79. The van der Waals surface area contributed by atoms with Crippen molar-refractivity contribution >= 4 is 17.6 Å². The van der Waals surface area contributed by atoms with Crippen molar-refractivity contribution in [2.45, 2.75) is 25.4 Å². The Bertz CT molecular complexity index is 1000. The number of carbonyl (C=O) groups is 2. The molecule has 29 heavy (non-hydrogen) atoms. The number of likely N-dealkylation sites (tertiary alicyclic amines) is 1. The molecule has 0 aliphatic carbocycles. The van der Waals surface area contributed by atoms with E-state index in [1.54, 1.807) is 33.9 Å². The van der Waals surface area contributed by atoms with Gasteiger partial charge in [-0.25, -0.2) is 14.4 Å². The van der Waals surface area contributed by atoms with E-state index in [2.05, 4.69) is 21.9 Å². The lowest BCUT2D eigenvalue weighted by Crippen LogP contribution is -2.48. The lowest BCUT2D eigenvalue weighted by molar-refractivity contribution is -0.127. The van der Waals surface area contributed by atoms with Crippen LogP contribution in [-0.4, -0.2) is 57.4 Å². The smallest absolute Gasteiger partial charge is 0.254 e. The first-order valence-electron chi connectivity index (χ1n) is 9.53. The average Bonchev–Trinajstić information content (AvgIpc) is 3.34. The van der Waals surface area contributed by atoms with E-state index in [0.29, 0.717) is 30.0 Å². The number of anilines is 1. The summed E-state index contributed by atoms with van der Waals surface area (Å²) in [4.78, 5) is 36.7. The van der Waals surface area contributed by atoms with Crippen LogP contribution in [-0.2, 0) is 18.4 Å². The SMILES string of the molecule is C=CC(=O)N1CCCC(N(C)c2nc(-c3cn(C)cn3)c3c(c2F)CNC3=O)C1. The highest BCUT2D eigenvalue weighted by molar-refractivity contribution is 6.03. The molecule has 0 aromatic carbocycles. The summed E-state index contributed by atoms with van der Waals surface area (Å²) in [5.74, 6) is -0.817. The van der Waals surface area contributed by atoms with Crippen molar-refractivity contribution in [3.05, 3.63) is 42.1 Å². The summed E-state index contributed by atoms with van der Waals surface area (Å²) in [7, 11) is 3.59. The molecular formula is C20H23FN6O2. The zero-order valence-corrected chi connectivity index (χ0v) is 16.5. The first-order valence-corrected chi connectivity index (χ1v) is 9.53. The number of halogens is 1. The first kappa shape index (κ1) is 19.1. The van der Waals surface area contributed by atoms with Gasteiger partial charge in [-0.15, -0.1) is 0 Å². The Morgan fingerprint density at radius 2 is 2.28 bits per heavy atom. The van der Waals surface area contributed by atoms with Gasteiger partial charge < -0.3 is 19.7 Å². The zero-order valence-electron chi connectivity index (χ0n) is 16.5. The van der Waals surface area contributed by atoms with Crippen molar-refractivity contribution < 1.29 is 14.0 Å². The number of aryl methyl sites for hydroxylation is 1. The van der Waals surface area contributed by atoms with Gasteiger partial charge in [0.25, 0.3) is 5.91 Å². The molecule has 0 radical (unpaired) electrons. The van der Waals surface area contributed by atoms with E-state index in [9.17, 15) is 9.59 Å². The largest absolute Gasteiger partial charge is 0.352 e. The number of likely N-dealkylation sites (N-methyl/N-ethyl adjacent to an activating group) is 1. The molecule has 2 aliphatic rings. The van der Waals surface area contributed by atoms with Gasteiger partial charge in [0.05, 0.1) is 11.9 Å². The second-order valence-corrected chi connectivity index (χ2v) is 7.45. The van der Waals surface area contributed by atoms with Crippen LogP contribution in [0.2, 0.25) is 0 Å². The van der Waals surface area contributed by atoms with Gasteiger partial charge >= 0.3 is 0 Å². The van der Waals surface area contributed by atoms with Gasteiger partial charge in [0.2, 0.25) is 5.91 Å². The summed E-state index contributed by atoms with van der Waals surface area (Å²) >= 11 is 0. The topological polar surface area (TPSA) is 83.4 Å². The fraction of sp³-hybridized carbons (Fsp3) is 0.400. The van der Waals surface area contributed by atoms with Gasteiger partial charge in [0.1, 0.15) is 11.4 Å². The van der Waals surface area contributed by atoms with Crippen molar-refractivity contribution in [2.75, 3.05) is 25.0 Å². The van der Waals surface area contributed by atoms with Crippen LogP contribution in [0.15, 0.2) is 25.2 Å². The van der Waals surface area contributed by atoms with Crippen molar-refractivity contribution in [3.63, 3.8) is 0 Å². The maximum absolute atomic E-state index is 15.4. The number of aromatic nitrogens is 3. The first-order chi connectivity index (χ1) is 13.9. The Morgan fingerprint density at radius 1 is 1.48 bits per heavy atom. The van der Waals surface area contributed by atoms with E-state index in [-0.39, 0.29) is 35.8 Å². The molecule has 4 rings (SSSR count). The summed E-state index contributed by atoms with van der Waals surface area (Å²) < 4.78 is 17.1. The Morgan fingerprint density at radius 3 is 2.97 bits per heavy atom. The van der Waals surface area contributed by atoms with Crippen LogP contribution >= 0.6 is 0 Å². The molecule has 2 aromatic heterocycles. The predicted octanol–water partition coefficient (Wildman–Crippen LogP) is 1.48. The quantitative estimate of drug-likeness (QED) is 0.789. The van der Waals surface area contributed by atoms with Crippen LogP contribution in [0, 0.1) is 5.82 Å². The summed E-state index contributed by atoms with van der Waals surface area (Å²) in [6.07, 6.45) is 6.29. The highest BCUT2D eigenvalue weighted by Gasteiger charge is 2.34. The van der Waals surface area contributed by atoms with Gasteiger partial charge in [-0.1, -0.05) is 6.58 Å². The molecule has 2 aromatic rings. The lowest BCUT2D eigenvalue weighted by atomic mass is 10.0. The van der Waals surface area contributed by atoms with Crippen LogP contribution in [0.1, 0.15) is 28.8 Å². The van der Waals surface area contributed by atoms with Crippen LogP contribution in [0.5, 0.6) is 0 Å².